The zero-order chi connectivity index (χ0) is 15.7. The topological polar surface area (TPSA) is 46.3 Å². The summed E-state index contributed by atoms with van der Waals surface area (Å²) in [6.07, 6.45) is 5.02. The van der Waals surface area contributed by atoms with Gasteiger partial charge in [-0.25, -0.2) is 4.39 Å². The molecule has 5 heteroatoms. The molecule has 1 aliphatic carbocycles. The second-order valence-electron chi connectivity index (χ2n) is 6.80. The molecule has 120 valence electrons. The van der Waals surface area contributed by atoms with Gasteiger partial charge in [0.05, 0.1) is 5.41 Å². The molecule has 0 spiro atoms. The van der Waals surface area contributed by atoms with Crippen molar-refractivity contribution in [2.24, 2.45) is 17.1 Å². The number of benzene rings is 1. The molecule has 22 heavy (non-hydrogen) atoms. The van der Waals surface area contributed by atoms with E-state index in [1.165, 1.54) is 18.9 Å². The van der Waals surface area contributed by atoms with Crippen LogP contribution < -0.4 is 5.73 Å². The molecule has 0 aromatic heterocycles. The first-order chi connectivity index (χ1) is 10.5. The van der Waals surface area contributed by atoms with Crippen LogP contribution in [0, 0.1) is 17.2 Å². The summed E-state index contributed by atoms with van der Waals surface area (Å²) in [7, 11) is 0. The van der Waals surface area contributed by atoms with Crippen molar-refractivity contribution in [3.05, 3.63) is 34.1 Å². The third kappa shape index (κ3) is 3.51. The number of hydrogen-bond donors (Lipinski definition) is 1. The number of carbonyl (C=O) groups excluding carboxylic acids is 1. The molecule has 2 aliphatic rings. The maximum absolute atomic E-state index is 13.9. The zero-order valence-corrected chi connectivity index (χ0v) is 14.2. The van der Waals surface area contributed by atoms with Crippen LogP contribution in [0.1, 0.15) is 37.7 Å². The second-order valence-corrected chi connectivity index (χ2v) is 7.72. The van der Waals surface area contributed by atoms with E-state index in [0.717, 1.165) is 36.8 Å². The third-order valence-electron chi connectivity index (χ3n) is 5.11. The molecule has 1 amide bonds. The average Bonchev–Trinajstić information content (AvgIpc) is 3.29. The Labute approximate surface area is 139 Å². The van der Waals surface area contributed by atoms with Crippen LogP contribution in [0.3, 0.4) is 0 Å². The van der Waals surface area contributed by atoms with Crippen LogP contribution in [0.25, 0.3) is 0 Å². The van der Waals surface area contributed by atoms with Gasteiger partial charge in [0.25, 0.3) is 0 Å². The Balaban J connectivity index is 1.63. The van der Waals surface area contributed by atoms with E-state index in [9.17, 15) is 9.18 Å². The Kier molecular flexibility index (Phi) is 4.55. The number of hydrogen-bond acceptors (Lipinski definition) is 2. The molecule has 2 N–H and O–H groups in total. The van der Waals surface area contributed by atoms with Gasteiger partial charge < -0.3 is 5.73 Å². The minimum atomic E-state index is -0.326. The molecule has 0 bridgehead atoms. The molecule has 3 rings (SSSR count). The highest BCUT2D eigenvalue weighted by Crippen LogP contribution is 2.45. The van der Waals surface area contributed by atoms with Crippen LogP contribution in [0.4, 0.5) is 4.39 Å². The number of nitrogens with zero attached hydrogens (tertiary/aromatic N) is 1. The molecule has 1 aromatic rings. The molecule has 2 fully saturated rings. The molecule has 1 saturated heterocycles. The van der Waals surface area contributed by atoms with Gasteiger partial charge in [0, 0.05) is 16.6 Å². The van der Waals surface area contributed by atoms with Crippen molar-refractivity contribution in [3.63, 3.8) is 0 Å². The van der Waals surface area contributed by atoms with Crippen LogP contribution in [-0.4, -0.2) is 23.9 Å². The third-order valence-corrected chi connectivity index (χ3v) is 5.61. The lowest BCUT2D eigenvalue weighted by Gasteiger charge is -2.40. The summed E-state index contributed by atoms with van der Waals surface area (Å²) in [5, 5.41) is 0. The molecule has 0 radical (unpaired) electrons. The predicted molar refractivity (Wildman–Crippen MR) is 87.6 cm³/mol. The fourth-order valence-electron chi connectivity index (χ4n) is 3.47. The van der Waals surface area contributed by atoms with Crippen LogP contribution in [0.15, 0.2) is 22.7 Å². The Morgan fingerprint density at radius 2 is 2.05 bits per heavy atom. The van der Waals surface area contributed by atoms with E-state index >= 15 is 0 Å². The SMILES string of the molecule is NC(=O)C1(CC2CC2)CCN(Cc2cc(Br)ccc2F)CC1. The standard InChI is InChI=1S/C17H22BrFN2O/c18-14-3-4-15(19)13(9-14)11-21-7-5-17(6-8-21,16(20)22)10-12-1-2-12/h3-4,9,12H,1-2,5-8,10-11H2,(H2,20,22). The summed E-state index contributed by atoms with van der Waals surface area (Å²) in [6, 6.07) is 5.03. The van der Waals surface area contributed by atoms with Crippen LogP contribution in [0.5, 0.6) is 0 Å². The van der Waals surface area contributed by atoms with Crippen molar-refractivity contribution in [1.29, 1.82) is 0 Å². The number of nitrogens with two attached hydrogens (primary N) is 1. The lowest BCUT2D eigenvalue weighted by atomic mass is 9.73. The first kappa shape index (κ1) is 15.9. The fraction of sp³-hybridized carbons (Fsp3) is 0.588. The molecule has 1 heterocycles. The summed E-state index contributed by atoms with van der Waals surface area (Å²) >= 11 is 3.39. The van der Waals surface area contributed by atoms with Crippen LogP contribution in [-0.2, 0) is 11.3 Å². The van der Waals surface area contributed by atoms with E-state index in [2.05, 4.69) is 20.8 Å². The minimum absolute atomic E-state index is 0.146. The number of primary amides is 1. The Bertz CT molecular complexity index is 566. The average molecular weight is 369 g/mol. The van der Waals surface area contributed by atoms with Crippen LogP contribution in [0.2, 0.25) is 0 Å². The van der Waals surface area contributed by atoms with Gasteiger partial charge in [0.15, 0.2) is 0 Å². The lowest BCUT2D eigenvalue weighted by molar-refractivity contribution is -0.131. The molecule has 1 aromatic carbocycles. The van der Waals surface area contributed by atoms with E-state index in [0.29, 0.717) is 18.0 Å². The highest BCUT2D eigenvalue weighted by Gasteiger charge is 2.43. The maximum Gasteiger partial charge on any atom is 0.223 e. The Morgan fingerprint density at radius 1 is 1.36 bits per heavy atom. The van der Waals surface area contributed by atoms with Crippen molar-refractivity contribution in [2.45, 2.75) is 38.6 Å². The van der Waals surface area contributed by atoms with Gasteiger partial charge in [0.2, 0.25) is 5.91 Å². The van der Waals surface area contributed by atoms with Crippen molar-refractivity contribution < 1.29 is 9.18 Å². The molecule has 0 unspecified atom stereocenters. The Hall–Kier alpha value is -0.940. The maximum atomic E-state index is 13.9. The fourth-order valence-corrected chi connectivity index (χ4v) is 3.88. The van der Waals surface area contributed by atoms with Crippen LogP contribution >= 0.6 is 15.9 Å². The van der Waals surface area contributed by atoms with E-state index in [1.807, 2.05) is 6.07 Å². The highest BCUT2D eigenvalue weighted by atomic mass is 79.9. The van der Waals surface area contributed by atoms with Gasteiger partial charge in [-0.3, -0.25) is 9.69 Å². The van der Waals surface area contributed by atoms with Crippen molar-refractivity contribution in [1.82, 2.24) is 4.90 Å². The monoisotopic (exact) mass is 368 g/mol. The number of carbonyl (C=O) groups is 1. The number of likely N-dealkylation sites (tertiary alicyclic amines) is 1. The van der Waals surface area contributed by atoms with E-state index in [4.69, 9.17) is 5.73 Å². The predicted octanol–water partition coefficient (Wildman–Crippen LogP) is 3.46. The summed E-state index contributed by atoms with van der Waals surface area (Å²) in [4.78, 5) is 14.2. The van der Waals surface area contributed by atoms with E-state index in [-0.39, 0.29) is 17.1 Å². The highest BCUT2D eigenvalue weighted by molar-refractivity contribution is 9.10. The van der Waals surface area contributed by atoms with E-state index in [1.54, 1.807) is 6.07 Å². The first-order valence-electron chi connectivity index (χ1n) is 7.95. The van der Waals surface area contributed by atoms with Gasteiger partial charge in [-0.2, -0.15) is 0 Å². The summed E-state index contributed by atoms with van der Waals surface area (Å²) in [5.74, 6) is 0.377. The molecule has 3 nitrogen and oxygen atoms in total. The van der Waals surface area contributed by atoms with Crippen molar-refractivity contribution >= 4 is 21.8 Å². The number of halogens is 2. The molecule has 1 aliphatic heterocycles. The van der Waals surface area contributed by atoms with Gasteiger partial charge in [-0.05, 0) is 56.5 Å². The van der Waals surface area contributed by atoms with Crippen molar-refractivity contribution in [3.8, 4) is 0 Å². The van der Waals surface area contributed by atoms with E-state index < -0.39 is 0 Å². The van der Waals surface area contributed by atoms with Gasteiger partial charge in [0.1, 0.15) is 5.82 Å². The van der Waals surface area contributed by atoms with Crippen molar-refractivity contribution in [2.75, 3.05) is 13.1 Å². The lowest BCUT2D eigenvalue weighted by Crippen LogP contribution is -2.47. The summed E-state index contributed by atoms with van der Waals surface area (Å²) in [6.45, 7) is 2.20. The smallest absolute Gasteiger partial charge is 0.223 e. The summed E-state index contributed by atoms with van der Waals surface area (Å²) in [5.41, 5.74) is 6.07. The molecular weight excluding hydrogens is 347 g/mol. The molecule has 1 saturated carbocycles. The minimum Gasteiger partial charge on any atom is -0.369 e. The molecular formula is C17H22BrFN2O. The second kappa shape index (κ2) is 6.28. The molecule has 0 atom stereocenters. The van der Waals surface area contributed by atoms with Gasteiger partial charge >= 0.3 is 0 Å². The summed E-state index contributed by atoms with van der Waals surface area (Å²) < 4.78 is 14.8. The first-order valence-corrected chi connectivity index (χ1v) is 8.74. The zero-order valence-electron chi connectivity index (χ0n) is 12.7. The number of amides is 1. The number of piperidine rings is 1. The largest absolute Gasteiger partial charge is 0.369 e. The number of rotatable bonds is 5. The van der Waals surface area contributed by atoms with Gasteiger partial charge in [-0.1, -0.05) is 28.8 Å². The Morgan fingerprint density at radius 3 is 2.64 bits per heavy atom. The normalized spacial score (nSPS) is 21.7. The quantitative estimate of drug-likeness (QED) is 0.864. The van der Waals surface area contributed by atoms with Gasteiger partial charge in [-0.15, -0.1) is 0 Å².